The number of nitrogens with zero attached hydrogens (tertiary/aromatic N) is 2. The van der Waals surface area contributed by atoms with E-state index in [1.165, 1.54) is 6.07 Å². The van der Waals surface area contributed by atoms with Gasteiger partial charge in [-0.1, -0.05) is 0 Å². The summed E-state index contributed by atoms with van der Waals surface area (Å²) in [6, 6.07) is 9.81. The van der Waals surface area contributed by atoms with Crippen LogP contribution in [-0.4, -0.2) is 19.7 Å². The maximum absolute atomic E-state index is 11.3. The number of phenols is 1. The lowest BCUT2D eigenvalue weighted by Gasteiger charge is -2.01. The normalized spacial score (nSPS) is 10.8. The second-order valence-electron chi connectivity index (χ2n) is 3.69. The fourth-order valence-electron chi connectivity index (χ4n) is 1.73. The highest BCUT2D eigenvalue weighted by atomic mass is 16.3. The quantitative estimate of drug-likeness (QED) is 0.660. The van der Waals surface area contributed by atoms with Crippen LogP contribution in [0.15, 0.2) is 47.4 Å². The molecule has 0 atom stereocenters. The first-order valence-corrected chi connectivity index (χ1v) is 5.10. The van der Waals surface area contributed by atoms with Crippen molar-refractivity contribution in [3.05, 3.63) is 52.9 Å². The Morgan fingerprint density at radius 3 is 2.65 bits per heavy atom. The largest absolute Gasteiger partial charge is 0.508 e. The lowest BCUT2D eigenvalue weighted by Crippen LogP contribution is -2.09. The molecule has 2 aromatic heterocycles. The molecule has 17 heavy (non-hydrogen) atoms. The van der Waals surface area contributed by atoms with Gasteiger partial charge in [-0.15, -0.1) is 0 Å². The summed E-state index contributed by atoms with van der Waals surface area (Å²) in [5, 5.41) is 11.9. The number of fused-ring (bicyclic) bond motifs is 1. The summed E-state index contributed by atoms with van der Waals surface area (Å²) in [7, 11) is 0. The van der Waals surface area contributed by atoms with Crippen molar-refractivity contribution in [3.63, 3.8) is 0 Å². The molecule has 0 fully saturated rings. The fourth-order valence-corrected chi connectivity index (χ4v) is 1.73. The topological polar surface area (TPSA) is 70.4 Å². The van der Waals surface area contributed by atoms with Gasteiger partial charge in [-0.05, 0) is 30.3 Å². The van der Waals surface area contributed by atoms with Gasteiger partial charge in [0.25, 0.3) is 5.56 Å². The smallest absolute Gasteiger partial charge is 0.263 e. The monoisotopic (exact) mass is 227 g/mol. The Morgan fingerprint density at radius 1 is 1.12 bits per heavy atom. The first-order chi connectivity index (χ1) is 8.24. The molecule has 3 aromatic rings. The van der Waals surface area contributed by atoms with E-state index in [4.69, 9.17) is 0 Å². The maximum atomic E-state index is 11.3. The van der Waals surface area contributed by atoms with Crippen LogP contribution in [0.2, 0.25) is 0 Å². The van der Waals surface area contributed by atoms with Crippen LogP contribution in [0.1, 0.15) is 0 Å². The Morgan fingerprint density at radius 2 is 1.88 bits per heavy atom. The van der Waals surface area contributed by atoms with Crippen LogP contribution in [0.25, 0.3) is 16.9 Å². The number of rotatable bonds is 1. The Kier molecular flexibility index (Phi) is 1.98. The molecule has 3 rings (SSSR count). The van der Waals surface area contributed by atoms with Gasteiger partial charge in [-0.3, -0.25) is 9.89 Å². The third-order valence-corrected chi connectivity index (χ3v) is 2.56. The molecule has 0 saturated heterocycles. The third-order valence-electron chi connectivity index (χ3n) is 2.56. The van der Waals surface area contributed by atoms with E-state index < -0.39 is 0 Å². The van der Waals surface area contributed by atoms with Gasteiger partial charge in [0.1, 0.15) is 5.75 Å². The summed E-state index contributed by atoms with van der Waals surface area (Å²) < 4.78 is 1.62. The van der Waals surface area contributed by atoms with Gasteiger partial charge in [0.05, 0.1) is 11.9 Å². The number of phenolic OH excluding ortho intramolecular Hbond substituents is 1. The van der Waals surface area contributed by atoms with Gasteiger partial charge >= 0.3 is 0 Å². The summed E-state index contributed by atoms with van der Waals surface area (Å²) in [6.07, 6.45) is 1.68. The van der Waals surface area contributed by atoms with E-state index in [9.17, 15) is 9.90 Å². The zero-order valence-electron chi connectivity index (χ0n) is 8.79. The molecule has 1 aromatic carbocycles. The van der Waals surface area contributed by atoms with Crippen LogP contribution in [0, 0.1) is 0 Å². The van der Waals surface area contributed by atoms with Crippen LogP contribution in [0.5, 0.6) is 5.75 Å². The van der Waals surface area contributed by atoms with Crippen molar-refractivity contribution in [2.24, 2.45) is 0 Å². The number of aromatic hydroxyl groups is 1. The van der Waals surface area contributed by atoms with Crippen LogP contribution < -0.4 is 5.56 Å². The van der Waals surface area contributed by atoms with Crippen LogP contribution >= 0.6 is 0 Å². The van der Waals surface area contributed by atoms with Crippen LogP contribution in [0.3, 0.4) is 0 Å². The van der Waals surface area contributed by atoms with E-state index in [1.54, 1.807) is 41.0 Å². The average molecular weight is 227 g/mol. The minimum absolute atomic E-state index is 0.185. The van der Waals surface area contributed by atoms with Crippen molar-refractivity contribution in [2.45, 2.75) is 0 Å². The van der Waals surface area contributed by atoms with Crippen molar-refractivity contribution >= 4 is 5.65 Å². The Labute approximate surface area is 96.0 Å². The molecule has 5 nitrogen and oxygen atoms in total. The number of benzene rings is 1. The van der Waals surface area contributed by atoms with E-state index in [-0.39, 0.29) is 11.3 Å². The Balaban J connectivity index is 2.27. The molecule has 2 heterocycles. The number of H-pyrrole nitrogens is 1. The minimum Gasteiger partial charge on any atom is -0.508 e. The van der Waals surface area contributed by atoms with E-state index >= 15 is 0 Å². The molecule has 84 valence electrons. The third kappa shape index (κ3) is 1.57. The van der Waals surface area contributed by atoms with Crippen molar-refractivity contribution in [1.29, 1.82) is 0 Å². The first-order valence-electron chi connectivity index (χ1n) is 5.10. The summed E-state index contributed by atoms with van der Waals surface area (Å²) in [6.45, 7) is 0. The summed E-state index contributed by atoms with van der Waals surface area (Å²) in [4.78, 5) is 15.5. The molecule has 0 spiro atoms. The van der Waals surface area contributed by atoms with E-state index in [2.05, 4.69) is 10.1 Å². The lowest BCUT2D eigenvalue weighted by molar-refractivity contribution is 0.475. The van der Waals surface area contributed by atoms with Crippen molar-refractivity contribution in [3.8, 4) is 17.0 Å². The van der Waals surface area contributed by atoms with Crippen LogP contribution in [-0.2, 0) is 0 Å². The van der Waals surface area contributed by atoms with Gasteiger partial charge in [-0.25, -0.2) is 9.50 Å². The van der Waals surface area contributed by atoms with Gasteiger partial charge in [-0.2, -0.15) is 0 Å². The number of hydrogen-bond acceptors (Lipinski definition) is 3. The molecule has 0 radical (unpaired) electrons. The highest BCUT2D eigenvalue weighted by Crippen LogP contribution is 2.21. The molecule has 0 unspecified atom stereocenters. The Bertz CT molecular complexity index is 725. The zero-order valence-corrected chi connectivity index (χ0v) is 8.79. The van der Waals surface area contributed by atoms with Gasteiger partial charge in [0.15, 0.2) is 5.65 Å². The summed E-state index contributed by atoms with van der Waals surface area (Å²) in [5.74, 6) is 0.205. The van der Waals surface area contributed by atoms with E-state index in [1.807, 2.05) is 0 Å². The average Bonchev–Trinajstić information content (AvgIpc) is 2.73. The highest BCUT2D eigenvalue weighted by Gasteiger charge is 2.05. The number of aromatic nitrogens is 3. The van der Waals surface area contributed by atoms with Crippen LogP contribution in [0.4, 0.5) is 0 Å². The molecule has 0 bridgehead atoms. The molecular formula is C12H9N3O2. The SMILES string of the molecule is O=c1ccc2ncc(-c3ccc(O)cc3)n2[nH]1. The number of nitrogens with one attached hydrogen (secondary N) is 1. The predicted octanol–water partition coefficient (Wildman–Crippen LogP) is 1.40. The highest BCUT2D eigenvalue weighted by molar-refractivity contribution is 5.63. The van der Waals surface area contributed by atoms with Crippen molar-refractivity contribution in [2.75, 3.05) is 0 Å². The van der Waals surface area contributed by atoms with E-state index in [0.717, 1.165) is 11.3 Å². The standard InChI is InChI=1S/C12H9N3O2/c16-9-3-1-8(2-4-9)10-7-13-11-5-6-12(17)14-15(10)11/h1-7,16H,(H,14,17). The fraction of sp³-hybridized carbons (Fsp3) is 0. The second-order valence-corrected chi connectivity index (χ2v) is 3.69. The van der Waals surface area contributed by atoms with Crippen molar-refractivity contribution < 1.29 is 5.11 Å². The number of hydrogen-bond donors (Lipinski definition) is 2. The maximum Gasteiger partial charge on any atom is 0.263 e. The molecule has 0 aliphatic carbocycles. The van der Waals surface area contributed by atoms with Gasteiger partial charge in [0.2, 0.25) is 0 Å². The molecule has 0 amide bonds. The zero-order chi connectivity index (χ0) is 11.8. The van der Waals surface area contributed by atoms with Crippen molar-refractivity contribution in [1.82, 2.24) is 14.6 Å². The molecule has 2 N–H and O–H groups in total. The predicted molar refractivity (Wildman–Crippen MR) is 62.9 cm³/mol. The second kappa shape index (κ2) is 3.48. The molecular weight excluding hydrogens is 218 g/mol. The Hall–Kier alpha value is -2.56. The number of imidazole rings is 1. The van der Waals surface area contributed by atoms with Gasteiger partial charge in [0, 0.05) is 11.6 Å². The first kappa shape index (κ1) is 9.65. The molecule has 0 saturated carbocycles. The molecule has 0 aliphatic heterocycles. The molecule has 0 aliphatic rings. The minimum atomic E-state index is -0.185. The molecule has 5 heteroatoms. The van der Waals surface area contributed by atoms with E-state index in [0.29, 0.717) is 5.65 Å². The summed E-state index contributed by atoms with van der Waals surface area (Å²) in [5.41, 5.74) is 2.14. The summed E-state index contributed by atoms with van der Waals surface area (Å²) >= 11 is 0. The van der Waals surface area contributed by atoms with Gasteiger partial charge < -0.3 is 5.11 Å². The number of aromatic amines is 1. The lowest BCUT2D eigenvalue weighted by atomic mass is 10.2.